The summed E-state index contributed by atoms with van der Waals surface area (Å²) < 4.78 is 0. The summed E-state index contributed by atoms with van der Waals surface area (Å²) in [5.74, 6) is 0.146. The zero-order chi connectivity index (χ0) is 12.6. The van der Waals surface area contributed by atoms with E-state index >= 15 is 0 Å². The number of allylic oxidation sites excluding steroid dienone is 1. The molecule has 0 bridgehead atoms. The number of hydrogen-bond donors (Lipinski definition) is 0. The van der Waals surface area contributed by atoms with Crippen LogP contribution in [0.3, 0.4) is 0 Å². The molecule has 0 aliphatic heterocycles. The molecular weight excluding hydrogens is 255 g/mol. The van der Waals surface area contributed by atoms with Crippen molar-refractivity contribution in [1.82, 2.24) is 0 Å². The number of alkyl halides is 1. The van der Waals surface area contributed by atoms with E-state index in [0.717, 1.165) is 5.56 Å². The Bertz CT molecular complexity index is 472. The van der Waals surface area contributed by atoms with Gasteiger partial charge in [0, 0.05) is 16.0 Å². The van der Waals surface area contributed by atoms with E-state index in [0.29, 0.717) is 17.0 Å². The molecule has 0 N–H and O–H groups in total. The van der Waals surface area contributed by atoms with E-state index in [-0.39, 0.29) is 16.6 Å². The first-order valence-corrected chi connectivity index (χ1v) is 6.37. The summed E-state index contributed by atoms with van der Waals surface area (Å²) >= 11 is 12.0. The van der Waals surface area contributed by atoms with E-state index in [1.807, 2.05) is 44.2 Å². The van der Waals surface area contributed by atoms with Gasteiger partial charge in [0.25, 0.3) is 0 Å². The lowest BCUT2D eigenvalue weighted by Gasteiger charge is -2.12. The van der Waals surface area contributed by atoms with Crippen molar-refractivity contribution >= 4 is 35.1 Å². The second kappa shape index (κ2) is 4.47. The number of halogens is 2. The van der Waals surface area contributed by atoms with E-state index in [1.54, 1.807) is 0 Å². The molecule has 1 unspecified atom stereocenters. The number of carbonyl (C=O) groups is 1. The number of ketones is 1. The average Bonchev–Trinajstić information content (AvgIpc) is 2.44. The fraction of sp³-hybridized carbons (Fsp3) is 0.357. The van der Waals surface area contributed by atoms with Gasteiger partial charge < -0.3 is 0 Å². The summed E-state index contributed by atoms with van der Waals surface area (Å²) in [5.41, 5.74) is 1.32. The molecule has 1 aromatic rings. The van der Waals surface area contributed by atoms with Gasteiger partial charge in [-0.05, 0) is 30.2 Å². The highest BCUT2D eigenvalue weighted by Crippen LogP contribution is 2.41. The zero-order valence-electron chi connectivity index (χ0n) is 9.84. The van der Waals surface area contributed by atoms with E-state index in [1.165, 1.54) is 0 Å². The molecule has 0 radical (unpaired) electrons. The molecule has 1 atom stereocenters. The Morgan fingerprint density at radius 3 is 2.35 bits per heavy atom. The predicted molar refractivity (Wildman–Crippen MR) is 72.5 cm³/mol. The first kappa shape index (κ1) is 12.7. The van der Waals surface area contributed by atoms with Crippen LogP contribution < -0.4 is 0 Å². The summed E-state index contributed by atoms with van der Waals surface area (Å²) in [6.07, 6.45) is 2.57. The van der Waals surface area contributed by atoms with E-state index in [4.69, 9.17) is 23.2 Å². The minimum absolute atomic E-state index is 0.146. The van der Waals surface area contributed by atoms with Crippen LogP contribution in [0.15, 0.2) is 29.8 Å². The minimum atomic E-state index is -0.343. The zero-order valence-corrected chi connectivity index (χ0v) is 11.3. The molecule has 90 valence electrons. The second-order valence-corrected chi connectivity index (χ2v) is 6.00. The maximum absolute atomic E-state index is 12.1. The first-order valence-electron chi connectivity index (χ1n) is 5.56. The summed E-state index contributed by atoms with van der Waals surface area (Å²) in [5, 5.41) is 0.501. The quantitative estimate of drug-likeness (QED) is 0.547. The van der Waals surface area contributed by atoms with Crippen LogP contribution in [0.4, 0.5) is 0 Å². The van der Waals surface area contributed by atoms with Gasteiger partial charge in [0.15, 0.2) is 5.78 Å². The van der Waals surface area contributed by atoms with Crippen molar-refractivity contribution in [3.63, 3.8) is 0 Å². The van der Waals surface area contributed by atoms with Crippen molar-refractivity contribution in [2.75, 3.05) is 0 Å². The summed E-state index contributed by atoms with van der Waals surface area (Å²) in [4.78, 5) is 12.1. The lowest BCUT2D eigenvalue weighted by atomic mass is 9.90. The Morgan fingerprint density at radius 1 is 1.29 bits per heavy atom. The van der Waals surface area contributed by atoms with Gasteiger partial charge in [0.2, 0.25) is 0 Å². The van der Waals surface area contributed by atoms with Gasteiger partial charge in [-0.15, -0.1) is 11.6 Å². The topological polar surface area (TPSA) is 17.1 Å². The van der Waals surface area contributed by atoms with Crippen LogP contribution >= 0.6 is 23.2 Å². The van der Waals surface area contributed by atoms with Crippen LogP contribution in [0.5, 0.6) is 0 Å². The SMILES string of the molecule is CC1(C)CC(Cl)/C(=C\c2ccc(Cl)cc2)C1=O. The fourth-order valence-corrected chi connectivity index (χ4v) is 2.75. The number of hydrogen-bond acceptors (Lipinski definition) is 1. The summed E-state index contributed by atoms with van der Waals surface area (Å²) in [6.45, 7) is 3.88. The van der Waals surface area contributed by atoms with Crippen molar-refractivity contribution < 1.29 is 4.79 Å². The predicted octanol–water partition coefficient (Wildman–Crippen LogP) is 4.33. The average molecular weight is 269 g/mol. The Hall–Kier alpha value is -0.790. The van der Waals surface area contributed by atoms with Crippen molar-refractivity contribution in [2.45, 2.75) is 25.6 Å². The highest BCUT2D eigenvalue weighted by atomic mass is 35.5. The third-order valence-corrected chi connectivity index (χ3v) is 3.74. The Kier molecular flexibility index (Phi) is 3.33. The first-order chi connectivity index (χ1) is 7.90. The minimum Gasteiger partial charge on any atom is -0.294 e. The second-order valence-electron chi connectivity index (χ2n) is 5.04. The van der Waals surface area contributed by atoms with Crippen LogP contribution in [-0.4, -0.2) is 11.2 Å². The molecule has 1 nitrogen and oxygen atoms in total. The van der Waals surface area contributed by atoms with E-state index in [2.05, 4.69) is 0 Å². The molecule has 1 aromatic carbocycles. The number of Topliss-reactive ketones (excluding diaryl/α,β-unsaturated/α-hetero) is 1. The number of carbonyl (C=O) groups excluding carboxylic acids is 1. The Labute approximate surface area is 111 Å². The molecule has 0 saturated heterocycles. The third-order valence-electron chi connectivity index (χ3n) is 3.10. The lowest BCUT2D eigenvalue weighted by Crippen LogP contribution is -2.17. The molecule has 0 amide bonds. The molecule has 1 aliphatic rings. The summed E-state index contributed by atoms with van der Waals surface area (Å²) in [6, 6.07) is 7.39. The highest BCUT2D eigenvalue weighted by molar-refractivity contribution is 6.30. The number of benzene rings is 1. The van der Waals surface area contributed by atoms with Gasteiger partial charge in [0.05, 0.1) is 5.38 Å². The van der Waals surface area contributed by atoms with Crippen molar-refractivity contribution in [3.8, 4) is 0 Å². The third kappa shape index (κ3) is 2.56. The monoisotopic (exact) mass is 268 g/mol. The molecule has 0 heterocycles. The van der Waals surface area contributed by atoms with E-state index < -0.39 is 0 Å². The maximum atomic E-state index is 12.1. The molecule has 1 saturated carbocycles. The molecule has 1 aliphatic carbocycles. The molecule has 0 aromatic heterocycles. The smallest absolute Gasteiger partial charge is 0.166 e. The van der Waals surface area contributed by atoms with Crippen molar-refractivity contribution in [3.05, 3.63) is 40.4 Å². The van der Waals surface area contributed by atoms with Gasteiger partial charge >= 0.3 is 0 Å². The molecular formula is C14H14Cl2O. The largest absolute Gasteiger partial charge is 0.294 e. The Morgan fingerprint density at radius 2 is 1.88 bits per heavy atom. The maximum Gasteiger partial charge on any atom is 0.166 e. The molecule has 2 rings (SSSR count). The standard InChI is InChI=1S/C14H14Cl2O/c1-14(2)8-12(16)11(13(14)17)7-9-3-5-10(15)6-4-9/h3-7,12H,8H2,1-2H3/b11-7+. The van der Waals surface area contributed by atoms with Crippen molar-refractivity contribution in [2.24, 2.45) is 5.41 Å². The lowest BCUT2D eigenvalue weighted by molar-refractivity contribution is -0.121. The van der Waals surface area contributed by atoms with Crippen LogP contribution in [0.2, 0.25) is 5.02 Å². The number of rotatable bonds is 1. The molecule has 17 heavy (non-hydrogen) atoms. The molecule has 1 fully saturated rings. The van der Waals surface area contributed by atoms with Crippen molar-refractivity contribution in [1.29, 1.82) is 0 Å². The Balaban J connectivity index is 2.34. The van der Waals surface area contributed by atoms with Gasteiger partial charge in [-0.3, -0.25) is 4.79 Å². The van der Waals surface area contributed by atoms with Gasteiger partial charge in [0.1, 0.15) is 0 Å². The normalized spacial score (nSPS) is 25.5. The molecule has 3 heteroatoms. The molecule has 0 spiro atoms. The van der Waals surface area contributed by atoms with E-state index in [9.17, 15) is 4.79 Å². The van der Waals surface area contributed by atoms with Gasteiger partial charge in [-0.1, -0.05) is 37.6 Å². The van der Waals surface area contributed by atoms with Crippen LogP contribution in [0, 0.1) is 5.41 Å². The van der Waals surface area contributed by atoms with Crippen LogP contribution in [0.1, 0.15) is 25.8 Å². The fourth-order valence-electron chi connectivity index (χ4n) is 2.08. The van der Waals surface area contributed by atoms with Crippen LogP contribution in [0.25, 0.3) is 6.08 Å². The van der Waals surface area contributed by atoms with Gasteiger partial charge in [-0.2, -0.15) is 0 Å². The van der Waals surface area contributed by atoms with Gasteiger partial charge in [-0.25, -0.2) is 0 Å². The highest BCUT2D eigenvalue weighted by Gasteiger charge is 2.42. The van der Waals surface area contributed by atoms with Crippen LogP contribution in [-0.2, 0) is 4.79 Å². The summed E-state index contributed by atoms with van der Waals surface area (Å²) in [7, 11) is 0.